The monoisotopic (exact) mass is 192 g/mol. The lowest BCUT2D eigenvalue weighted by molar-refractivity contribution is -0.0790. The van der Waals surface area contributed by atoms with Gasteiger partial charge in [0, 0.05) is 5.75 Å². The van der Waals surface area contributed by atoms with Crippen molar-refractivity contribution in [2.45, 2.75) is 33.5 Å². The van der Waals surface area contributed by atoms with Gasteiger partial charge in [-0.3, -0.25) is 0 Å². The van der Waals surface area contributed by atoms with Crippen LogP contribution in [-0.4, -0.2) is 29.5 Å². The van der Waals surface area contributed by atoms with E-state index < -0.39 is 6.29 Å². The summed E-state index contributed by atoms with van der Waals surface area (Å²) in [6.07, 6.45) is 0.648. The average Bonchev–Trinajstić information content (AvgIpc) is 1.95. The van der Waals surface area contributed by atoms with E-state index in [0.29, 0.717) is 6.61 Å². The van der Waals surface area contributed by atoms with Crippen LogP contribution in [-0.2, 0) is 4.74 Å². The fourth-order valence-electron chi connectivity index (χ4n) is 0.699. The van der Waals surface area contributed by atoms with Crippen LogP contribution in [0.1, 0.15) is 27.2 Å². The molecular formula is C9H20O2S. The normalized spacial score (nSPS) is 13.8. The number of hydrogen-bond acceptors (Lipinski definition) is 3. The van der Waals surface area contributed by atoms with Crippen LogP contribution in [0.2, 0.25) is 0 Å². The molecule has 12 heavy (non-hydrogen) atoms. The Labute approximate surface area is 79.7 Å². The molecule has 0 saturated carbocycles. The quantitative estimate of drug-likeness (QED) is 0.495. The first kappa shape index (κ1) is 12.3. The first-order chi connectivity index (χ1) is 5.63. The number of aliphatic hydroxyl groups is 1. The second-order valence-electron chi connectivity index (χ2n) is 3.26. The Morgan fingerprint density at radius 1 is 1.25 bits per heavy atom. The smallest absolute Gasteiger partial charge is 0.151 e. The number of hydrogen-bond donors (Lipinski definition) is 1. The van der Waals surface area contributed by atoms with Gasteiger partial charge in [0.05, 0.1) is 6.61 Å². The van der Waals surface area contributed by atoms with E-state index in [0.717, 1.165) is 11.7 Å². The van der Waals surface area contributed by atoms with E-state index in [2.05, 4.69) is 13.8 Å². The highest BCUT2D eigenvalue weighted by atomic mass is 32.2. The van der Waals surface area contributed by atoms with Gasteiger partial charge in [-0.2, -0.15) is 11.8 Å². The van der Waals surface area contributed by atoms with Crippen molar-refractivity contribution in [3.8, 4) is 0 Å². The third-order valence-corrected chi connectivity index (χ3v) is 2.41. The van der Waals surface area contributed by atoms with Gasteiger partial charge in [0.15, 0.2) is 6.29 Å². The topological polar surface area (TPSA) is 29.5 Å². The van der Waals surface area contributed by atoms with Crippen LogP contribution in [0.25, 0.3) is 0 Å². The third-order valence-electron chi connectivity index (χ3n) is 1.43. The van der Waals surface area contributed by atoms with Gasteiger partial charge >= 0.3 is 0 Å². The summed E-state index contributed by atoms with van der Waals surface area (Å²) in [5.74, 6) is 2.97. The van der Waals surface area contributed by atoms with E-state index in [1.807, 2.05) is 11.8 Å². The van der Waals surface area contributed by atoms with E-state index in [4.69, 9.17) is 9.84 Å². The Hall–Kier alpha value is 0.270. The van der Waals surface area contributed by atoms with Crippen LogP contribution < -0.4 is 0 Å². The minimum absolute atomic E-state index is 0.615. The summed E-state index contributed by atoms with van der Waals surface area (Å²) >= 11 is 1.89. The second-order valence-corrected chi connectivity index (χ2v) is 4.49. The van der Waals surface area contributed by atoms with Crippen molar-refractivity contribution in [2.24, 2.45) is 5.92 Å². The fourth-order valence-corrected chi connectivity index (χ4v) is 1.75. The van der Waals surface area contributed by atoms with Crippen molar-refractivity contribution >= 4 is 11.8 Å². The molecule has 1 atom stereocenters. The Kier molecular flexibility index (Phi) is 8.07. The fraction of sp³-hybridized carbons (Fsp3) is 1.00. The van der Waals surface area contributed by atoms with E-state index >= 15 is 0 Å². The van der Waals surface area contributed by atoms with Gasteiger partial charge in [-0.1, -0.05) is 13.8 Å². The summed E-state index contributed by atoms with van der Waals surface area (Å²) in [6.45, 7) is 6.75. The zero-order valence-corrected chi connectivity index (χ0v) is 9.06. The maximum atomic E-state index is 8.77. The van der Waals surface area contributed by atoms with Crippen molar-refractivity contribution in [3.05, 3.63) is 0 Å². The molecule has 0 aliphatic carbocycles. The largest absolute Gasteiger partial charge is 0.368 e. The molecule has 0 aliphatic heterocycles. The molecule has 0 aliphatic rings. The molecule has 1 N–H and O–H groups in total. The van der Waals surface area contributed by atoms with Crippen LogP contribution in [0, 0.1) is 5.92 Å². The number of rotatable bonds is 7. The molecule has 0 heterocycles. The predicted molar refractivity (Wildman–Crippen MR) is 54.4 cm³/mol. The molecule has 1 unspecified atom stereocenters. The average molecular weight is 192 g/mol. The van der Waals surface area contributed by atoms with E-state index in [-0.39, 0.29) is 0 Å². The molecule has 0 saturated heterocycles. The van der Waals surface area contributed by atoms with Crippen molar-refractivity contribution in [1.82, 2.24) is 0 Å². The predicted octanol–water partition coefficient (Wildman–Crippen LogP) is 2.12. The second kappa shape index (κ2) is 7.90. The van der Waals surface area contributed by atoms with Gasteiger partial charge in [0.25, 0.3) is 0 Å². The first-order valence-corrected chi connectivity index (χ1v) is 5.65. The molecule has 0 bridgehead atoms. The van der Waals surface area contributed by atoms with Gasteiger partial charge in [-0.25, -0.2) is 0 Å². The van der Waals surface area contributed by atoms with Gasteiger partial charge in [-0.05, 0) is 25.0 Å². The molecule has 0 amide bonds. The lowest BCUT2D eigenvalue weighted by Gasteiger charge is -2.06. The van der Waals surface area contributed by atoms with Crippen LogP contribution in [0.15, 0.2) is 0 Å². The van der Waals surface area contributed by atoms with Crippen molar-refractivity contribution in [3.63, 3.8) is 0 Å². The van der Waals surface area contributed by atoms with Crippen LogP contribution in [0.5, 0.6) is 0 Å². The summed E-state index contributed by atoms with van der Waals surface area (Å²) in [5.41, 5.74) is 0. The van der Waals surface area contributed by atoms with Gasteiger partial charge < -0.3 is 9.84 Å². The van der Waals surface area contributed by atoms with Crippen molar-refractivity contribution < 1.29 is 9.84 Å². The van der Waals surface area contributed by atoms with E-state index in [1.54, 1.807) is 6.92 Å². The first-order valence-electron chi connectivity index (χ1n) is 4.50. The molecule has 74 valence electrons. The number of thioether (sulfide) groups is 1. The number of aliphatic hydroxyl groups excluding tert-OH is 1. The zero-order chi connectivity index (χ0) is 9.40. The molecule has 0 fully saturated rings. The highest BCUT2D eigenvalue weighted by Gasteiger charge is 1.96. The van der Waals surface area contributed by atoms with Crippen LogP contribution in [0.3, 0.4) is 0 Å². The molecule has 0 aromatic carbocycles. The van der Waals surface area contributed by atoms with Gasteiger partial charge in [0.1, 0.15) is 0 Å². The van der Waals surface area contributed by atoms with Crippen molar-refractivity contribution in [2.75, 3.05) is 18.1 Å². The molecule has 0 spiro atoms. The Morgan fingerprint density at radius 2 is 1.92 bits per heavy atom. The molecular weight excluding hydrogens is 172 g/mol. The minimum atomic E-state index is -0.615. The Balaban J connectivity index is 2.91. The summed E-state index contributed by atoms with van der Waals surface area (Å²) in [6, 6.07) is 0. The lowest BCUT2D eigenvalue weighted by Crippen LogP contribution is -2.09. The molecule has 0 radical (unpaired) electrons. The van der Waals surface area contributed by atoms with Crippen LogP contribution in [0.4, 0.5) is 0 Å². The summed E-state index contributed by atoms with van der Waals surface area (Å²) in [4.78, 5) is 0. The number of ether oxygens (including phenoxy) is 1. The molecule has 0 rings (SSSR count). The molecule has 3 heteroatoms. The highest BCUT2D eigenvalue weighted by molar-refractivity contribution is 7.99. The summed E-state index contributed by atoms with van der Waals surface area (Å²) < 4.78 is 4.98. The van der Waals surface area contributed by atoms with Crippen LogP contribution >= 0.6 is 11.8 Å². The van der Waals surface area contributed by atoms with E-state index in [9.17, 15) is 0 Å². The maximum absolute atomic E-state index is 8.77. The van der Waals surface area contributed by atoms with Gasteiger partial charge in [-0.15, -0.1) is 0 Å². The van der Waals surface area contributed by atoms with Crippen molar-refractivity contribution in [1.29, 1.82) is 0 Å². The summed E-state index contributed by atoms with van der Waals surface area (Å²) in [7, 11) is 0. The Bertz CT molecular complexity index is 82.5. The third kappa shape index (κ3) is 10.3. The maximum Gasteiger partial charge on any atom is 0.151 e. The SMILES string of the molecule is CC(C)CCSCCOC(C)O. The lowest BCUT2D eigenvalue weighted by atomic mass is 10.2. The molecule has 0 aromatic heterocycles. The van der Waals surface area contributed by atoms with Gasteiger partial charge in [0.2, 0.25) is 0 Å². The standard InChI is InChI=1S/C9H20O2S/c1-8(2)4-6-12-7-5-11-9(3)10/h8-10H,4-7H2,1-3H3. The zero-order valence-electron chi connectivity index (χ0n) is 8.25. The molecule has 0 aromatic rings. The highest BCUT2D eigenvalue weighted by Crippen LogP contribution is 2.08. The Morgan fingerprint density at radius 3 is 2.42 bits per heavy atom. The molecule has 2 nitrogen and oxygen atoms in total. The summed E-state index contributed by atoms with van der Waals surface area (Å²) in [5, 5.41) is 8.77. The minimum Gasteiger partial charge on any atom is -0.368 e. The van der Waals surface area contributed by atoms with E-state index in [1.165, 1.54) is 12.2 Å².